The van der Waals surface area contributed by atoms with Gasteiger partial charge < -0.3 is 0 Å². The Kier molecular flexibility index (Phi) is 4.58. The van der Waals surface area contributed by atoms with Gasteiger partial charge in [0, 0.05) is 11.4 Å². The second-order valence-electron chi connectivity index (χ2n) is 9.41. The predicted molar refractivity (Wildman–Crippen MR) is 118 cm³/mol. The minimum atomic E-state index is -0.330. The van der Waals surface area contributed by atoms with Crippen LogP contribution in [-0.4, -0.2) is 38.3 Å². The Balaban J connectivity index is 1.41. The summed E-state index contributed by atoms with van der Waals surface area (Å²) in [5, 5.41) is 9.05. The zero-order chi connectivity index (χ0) is 21.9. The third-order valence-electron chi connectivity index (χ3n) is 6.58. The molecule has 1 aliphatic heterocycles. The standard InChI is InChI=1S/C23H24N4O3S/c1-23(2,3)13-8-9-16-17(12-13)31-19-18(16)22(30)27(25-24-19)11-10-26-20(28)14-6-4-5-7-15(14)21(26)29/h4-7,13H,8-12H2,1-3H3/t13-/m1/s1. The zero-order valence-electron chi connectivity index (χ0n) is 17.8. The van der Waals surface area contributed by atoms with Crippen LogP contribution < -0.4 is 5.56 Å². The van der Waals surface area contributed by atoms with E-state index < -0.39 is 0 Å². The summed E-state index contributed by atoms with van der Waals surface area (Å²) in [4.78, 5) is 41.5. The molecule has 1 aromatic carbocycles. The number of aromatic nitrogens is 3. The maximum Gasteiger partial charge on any atom is 0.278 e. The highest BCUT2D eigenvalue weighted by atomic mass is 32.1. The van der Waals surface area contributed by atoms with Crippen LogP contribution in [0.5, 0.6) is 0 Å². The summed E-state index contributed by atoms with van der Waals surface area (Å²) in [6.45, 7) is 7.01. The second kappa shape index (κ2) is 7.09. The fourth-order valence-corrected chi connectivity index (χ4v) is 5.88. The number of carbonyl (C=O) groups excluding carboxylic acids is 2. The van der Waals surface area contributed by atoms with Crippen molar-refractivity contribution in [1.82, 2.24) is 19.9 Å². The fourth-order valence-electron chi connectivity index (χ4n) is 4.65. The molecule has 3 aromatic rings. The van der Waals surface area contributed by atoms with Crippen molar-refractivity contribution in [2.45, 2.75) is 46.6 Å². The minimum absolute atomic E-state index is 0.0882. The number of imide groups is 1. The minimum Gasteiger partial charge on any atom is -0.272 e. The van der Waals surface area contributed by atoms with E-state index in [-0.39, 0.29) is 35.9 Å². The van der Waals surface area contributed by atoms with Crippen molar-refractivity contribution < 1.29 is 9.59 Å². The predicted octanol–water partition coefficient (Wildman–Crippen LogP) is 3.30. The number of aryl methyl sites for hydroxylation is 1. The van der Waals surface area contributed by atoms with E-state index in [0.717, 1.165) is 24.8 Å². The number of rotatable bonds is 3. The van der Waals surface area contributed by atoms with Crippen molar-refractivity contribution in [3.8, 4) is 0 Å². The highest BCUT2D eigenvalue weighted by Crippen LogP contribution is 2.41. The average Bonchev–Trinajstić information content (AvgIpc) is 3.23. The van der Waals surface area contributed by atoms with Gasteiger partial charge >= 0.3 is 0 Å². The summed E-state index contributed by atoms with van der Waals surface area (Å²) >= 11 is 1.57. The molecule has 0 saturated heterocycles. The van der Waals surface area contributed by atoms with Crippen LogP contribution in [0.2, 0.25) is 0 Å². The average molecular weight is 437 g/mol. The van der Waals surface area contributed by atoms with E-state index in [4.69, 9.17) is 0 Å². The first-order valence-electron chi connectivity index (χ1n) is 10.6. The first-order chi connectivity index (χ1) is 14.8. The summed E-state index contributed by atoms with van der Waals surface area (Å²) in [6.07, 6.45) is 2.89. The van der Waals surface area contributed by atoms with Gasteiger partial charge in [0.15, 0.2) is 4.83 Å². The molecular weight excluding hydrogens is 412 g/mol. The number of benzene rings is 1. The molecule has 8 heteroatoms. The highest BCUT2D eigenvalue weighted by Gasteiger charge is 2.35. The van der Waals surface area contributed by atoms with Gasteiger partial charge in [-0.15, -0.1) is 16.4 Å². The highest BCUT2D eigenvalue weighted by molar-refractivity contribution is 7.18. The van der Waals surface area contributed by atoms with Crippen molar-refractivity contribution in [3.63, 3.8) is 0 Å². The molecule has 0 unspecified atom stereocenters. The normalized spacial score (nSPS) is 18.5. The third-order valence-corrected chi connectivity index (χ3v) is 7.72. The van der Waals surface area contributed by atoms with Crippen LogP contribution in [0.4, 0.5) is 0 Å². The molecule has 0 bridgehead atoms. The van der Waals surface area contributed by atoms with Crippen molar-refractivity contribution in [2.75, 3.05) is 6.54 Å². The van der Waals surface area contributed by atoms with E-state index in [1.165, 1.54) is 14.5 Å². The molecule has 3 heterocycles. The van der Waals surface area contributed by atoms with Gasteiger partial charge in [0.05, 0.1) is 23.1 Å². The monoisotopic (exact) mass is 436 g/mol. The lowest BCUT2D eigenvalue weighted by Crippen LogP contribution is -2.36. The fraction of sp³-hybridized carbons (Fsp3) is 0.435. The van der Waals surface area contributed by atoms with E-state index in [1.807, 2.05) is 0 Å². The summed E-state index contributed by atoms with van der Waals surface area (Å²) in [7, 11) is 0. The molecular formula is C23H24N4O3S. The molecule has 0 fully saturated rings. The van der Waals surface area contributed by atoms with E-state index in [2.05, 4.69) is 31.1 Å². The lowest BCUT2D eigenvalue weighted by atomic mass is 9.72. The van der Waals surface area contributed by atoms with E-state index >= 15 is 0 Å². The number of nitrogens with zero attached hydrogens (tertiary/aromatic N) is 4. The molecule has 2 aliphatic rings. The molecule has 0 N–H and O–H groups in total. The van der Waals surface area contributed by atoms with Crippen LogP contribution in [0.25, 0.3) is 10.2 Å². The number of thiophene rings is 1. The van der Waals surface area contributed by atoms with Gasteiger partial charge in [0.1, 0.15) is 0 Å². The van der Waals surface area contributed by atoms with Crippen LogP contribution in [0, 0.1) is 11.3 Å². The molecule has 2 amide bonds. The van der Waals surface area contributed by atoms with Crippen molar-refractivity contribution in [3.05, 3.63) is 56.2 Å². The van der Waals surface area contributed by atoms with E-state index in [1.54, 1.807) is 35.6 Å². The van der Waals surface area contributed by atoms with Crippen LogP contribution in [0.3, 0.4) is 0 Å². The van der Waals surface area contributed by atoms with Crippen LogP contribution >= 0.6 is 11.3 Å². The van der Waals surface area contributed by atoms with Crippen molar-refractivity contribution >= 4 is 33.4 Å². The van der Waals surface area contributed by atoms with Gasteiger partial charge in [-0.1, -0.05) is 38.1 Å². The number of carbonyl (C=O) groups is 2. The maximum atomic E-state index is 13.2. The second-order valence-corrected chi connectivity index (χ2v) is 10.5. The first-order valence-corrected chi connectivity index (χ1v) is 11.4. The molecule has 0 radical (unpaired) electrons. The summed E-state index contributed by atoms with van der Waals surface area (Å²) in [6, 6.07) is 6.77. The number of amides is 2. The quantitative estimate of drug-likeness (QED) is 0.588. The summed E-state index contributed by atoms with van der Waals surface area (Å²) < 4.78 is 1.29. The van der Waals surface area contributed by atoms with Gasteiger partial charge in [-0.3, -0.25) is 19.3 Å². The first kappa shape index (κ1) is 20.1. The van der Waals surface area contributed by atoms with Gasteiger partial charge in [-0.2, -0.15) is 0 Å². The van der Waals surface area contributed by atoms with Crippen molar-refractivity contribution in [2.24, 2.45) is 11.3 Å². The molecule has 2 aromatic heterocycles. The Morgan fingerprint density at radius 2 is 1.74 bits per heavy atom. The summed E-state index contributed by atoms with van der Waals surface area (Å²) in [5.74, 6) is -0.0790. The lowest BCUT2D eigenvalue weighted by Gasteiger charge is -2.33. The maximum absolute atomic E-state index is 13.2. The van der Waals surface area contributed by atoms with E-state index in [9.17, 15) is 14.4 Å². The Morgan fingerprint density at radius 1 is 1.06 bits per heavy atom. The third kappa shape index (κ3) is 3.20. The Bertz CT molecular complexity index is 1250. The molecule has 31 heavy (non-hydrogen) atoms. The van der Waals surface area contributed by atoms with Gasteiger partial charge in [0.2, 0.25) is 0 Å². The largest absolute Gasteiger partial charge is 0.278 e. The number of hydrogen-bond donors (Lipinski definition) is 0. The number of hydrogen-bond acceptors (Lipinski definition) is 6. The topological polar surface area (TPSA) is 85.2 Å². The molecule has 1 aliphatic carbocycles. The Morgan fingerprint density at radius 3 is 2.39 bits per heavy atom. The molecule has 160 valence electrons. The van der Waals surface area contributed by atoms with Gasteiger partial charge in [0.25, 0.3) is 17.4 Å². The van der Waals surface area contributed by atoms with Gasteiger partial charge in [-0.25, -0.2) is 4.68 Å². The lowest BCUT2D eigenvalue weighted by molar-refractivity contribution is 0.0646. The van der Waals surface area contributed by atoms with Crippen LogP contribution in [0.15, 0.2) is 29.1 Å². The molecule has 0 spiro atoms. The molecule has 0 saturated carbocycles. The summed E-state index contributed by atoms with van der Waals surface area (Å²) in [5.41, 5.74) is 1.96. The van der Waals surface area contributed by atoms with Crippen LogP contribution in [0.1, 0.15) is 58.3 Å². The molecule has 7 nitrogen and oxygen atoms in total. The smallest absolute Gasteiger partial charge is 0.272 e. The van der Waals surface area contributed by atoms with E-state index in [0.29, 0.717) is 27.3 Å². The Hall–Kier alpha value is -2.87. The zero-order valence-corrected chi connectivity index (χ0v) is 18.7. The Labute approximate surface area is 183 Å². The number of fused-ring (bicyclic) bond motifs is 4. The van der Waals surface area contributed by atoms with Crippen LogP contribution in [-0.2, 0) is 19.4 Å². The van der Waals surface area contributed by atoms with Gasteiger partial charge in [-0.05, 0) is 48.3 Å². The van der Waals surface area contributed by atoms with Crippen molar-refractivity contribution in [1.29, 1.82) is 0 Å². The SMILES string of the molecule is CC(C)(C)[C@@H]1CCc2c(sc3nnn(CCN4C(=O)c5ccccc5C4=O)c(=O)c23)C1. The molecule has 5 rings (SSSR count). The molecule has 1 atom stereocenters.